The van der Waals surface area contributed by atoms with Gasteiger partial charge in [0.25, 0.3) is 0 Å². The fourth-order valence-electron chi connectivity index (χ4n) is 1.09. The summed E-state index contributed by atoms with van der Waals surface area (Å²) < 4.78 is 37.5. The van der Waals surface area contributed by atoms with Crippen molar-refractivity contribution in [3.8, 4) is 0 Å². The average molecular weight is 278 g/mol. The van der Waals surface area contributed by atoms with E-state index in [2.05, 4.69) is 20.8 Å². The van der Waals surface area contributed by atoms with Crippen molar-refractivity contribution in [1.29, 1.82) is 0 Å². The number of nitrogens with zero attached hydrogens (tertiary/aromatic N) is 1. The van der Waals surface area contributed by atoms with Crippen LogP contribution in [0, 0.1) is 6.57 Å². The minimum atomic E-state index is -4.39. The number of halogens is 4. The Labute approximate surface area is 93.9 Å². The van der Waals surface area contributed by atoms with Gasteiger partial charge in [-0.1, -0.05) is 22.0 Å². The Morgan fingerprint density at radius 3 is 2.47 bits per heavy atom. The maximum atomic E-state index is 12.5. The molecule has 0 amide bonds. The minimum Gasteiger partial charge on any atom is -0.309 e. The third-order valence-corrected chi connectivity index (χ3v) is 2.66. The van der Waals surface area contributed by atoms with E-state index in [4.69, 9.17) is 6.57 Å². The van der Waals surface area contributed by atoms with Crippen molar-refractivity contribution < 1.29 is 13.2 Å². The van der Waals surface area contributed by atoms with Gasteiger partial charge in [-0.3, -0.25) is 0 Å². The minimum absolute atomic E-state index is 0.00377. The van der Waals surface area contributed by atoms with Crippen molar-refractivity contribution in [3.05, 3.63) is 45.2 Å². The zero-order valence-electron chi connectivity index (χ0n) is 7.77. The molecule has 0 fully saturated rings. The van der Waals surface area contributed by atoms with Crippen molar-refractivity contribution in [2.45, 2.75) is 19.1 Å². The van der Waals surface area contributed by atoms with Gasteiger partial charge in [0.05, 0.1) is 5.56 Å². The maximum absolute atomic E-state index is 12.5. The van der Waals surface area contributed by atoms with Crippen molar-refractivity contribution in [2.75, 3.05) is 0 Å². The van der Waals surface area contributed by atoms with Crippen molar-refractivity contribution in [1.82, 2.24) is 0 Å². The first kappa shape index (κ1) is 12.1. The molecule has 0 heterocycles. The summed E-state index contributed by atoms with van der Waals surface area (Å²) in [5.74, 6) is 0. The van der Waals surface area contributed by atoms with Gasteiger partial charge in [0, 0.05) is 17.0 Å². The molecule has 1 aromatic rings. The second-order valence-corrected chi connectivity index (χ2v) is 3.90. The summed E-state index contributed by atoms with van der Waals surface area (Å²) >= 11 is 2.84. The van der Waals surface area contributed by atoms with Crippen LogP contribution < -0.4 is 0 Å². The normalized spacial score (nSPS) is 13.3. The lowest BCUT2D eigenvalue weighted by atomic mass is 10.1. The second-order valence-electron chi connectivity index (χ2n) is 3.04. The van der Waals surface area contributed by atoms with Crippen LogP contribution in [-0.2, 0) is 6.18 Å². The lowest BCUT2D eigenvalue weighted by molar-refractivity contribution is -0.138. The smallest absolute Gasteiger partial charge is 0.309 e. The van der Waals surface area contributed by atoms with Crippen molar-refractivity contribution >= 4 is 15.9 Å². The molecule has 1 rings (SSSR count). The van der Waals surface area contributed by atoms with Crippen molar-refractivity contribution in [2.24, 2.45) is 0 Å². The van der Waals surface area contributed by atoms with Crippen LogP contribution in [-0.4, -0.2) is 0 Å². The molecule has 1 atom stereocenters. The zero-order chi connectivity index (χ0) is 11.6. The van der Waals surface area contributed by atoms with Crippen molar-refractivity contribution in [3.63, 3.8) is 0 Å². The number of hydrogen-bond donors (Lipinski definition) is 0. The Morgan fingerprint density at radius 1 is 1.40 bits per heavy atom. The van der Waals surface area contributed by atoms with Gasteiger partial charge in [-0.15, -0.1) is 0 Å². The molecule has 0 saturated heterocycles. The first-order valence-electron chi connectivity index (χ1n) is 4.09. The predicted octanol–water partition coefficient (Wildman–Crippen LogP) is 4.45. The van der Waals surface area contributed by atoms with Gasteiger partial charge in [-0.25, -0.2) is 6.57 Å². The monoisotopic (exact) mass is 277 g/mol. The SMILES string of the molecule is [C-]#[N+]C(C)c1ccc(Br)c(C(F)(F)F)c1. The van der Waals surface area contributed by atoms with Crippen LogP contribution in [0.4, 0.5) is 13.2 Å². The molecule has 0 radical (unpaired) electrons. The topological polar surface area (TPSA) is 4.36 Å². The molecule has 0 aliphatic carbocycles. The molecule has 15 heavy (non-hydrogen) atoms. The fraction of sp³-hybridized carbons (Fsp3) is 0.300. The van der Waals surface area contributed by atoms with Gasteiger partial charge < -0.3 is 4.85 Å². The van der Waals surface area contributed by atoms with Gasteiger partial charge >= 0.3 is 6.18 Å². The van der Waals surface area contributed by atoms with E-state index in [1.54, 1.807) is 6.92 Å². The Hall–Kier alpha value is -1.02. The Balaban J connectivity index is 3.24. The van der Waals surface area contributed by atoms with Crippen LogP contribution in [0.15, 0.2) is 22.7 Å². The molecule has 1 unspecified atom stereocenters. The highest BCUT2D eigenvalue weighted by atomic mass is 79.9. The van der Waals surface area contributed by atoms with Crippen LogP contribution in [0.5, 0.6) is 0 Å². The molecule has 0 aliphatic rings. The molecule has 0 aliphatic heterocycles. The molecule has 0 aromatic heterocycles. The summed E-state index contributed by atoms with van der Waals surface area (Å²) in [5.41, 5.74) is -0.365. The number of hydrogen-bond acceptors (Lipinski definition) is 0. The summed E-state index contributed by atoms with van der Waals surface area (Å²) in [6.07, 6.45) is -4.39. The van der Waals surface area contributed by atoms with Gasteiger partial charge in [0.1, 0.15) is 0 Å². The standard InChI is InChI=1S/C10H7BrF3N/c1-6(15-2)7-3-4-9(11)8(5-7)10(12,13)14/h3-6H,1H3. The highest BCUT2D eigenvalue weighted by Crippen LogP contribution is 2.36. The highest BCUT2D eigenvalue weighted by Gasteiger charge is 2.33. The lowest BCUT2D eigenvalue weighted by Gasteiger charge is -2.10. The molecule has 5 heteroatoms. The van der Waals surface area contributed by atoms with E-state index in [1.807, 2.05) is 0 Å². The van der Waals surface area contributed by atoms with Gasteiger partial charge in [-0.2, -0.15) is 13.2 Å². The van der Waals surface area contributed by atoms with E-state index in [1.165, 1.54) is 12.1 Å². The summed E-state index contributed by atoms with van der Waals surface area (Å²) in [6.45, 7) is 8.32. The number of rotatable bonds is 1. The number of benzene rings is 1. The predicted molar refractivity (Wildman–Crippen MR) is 54.2 cm³/mol. The van der Waals surface area contributed by atoms with Crippen LogP contribution in [0.1, 0.15) is 24.1 Å². The highest BCUT2D eigenvalue weighted by molar-refractivity contribution is 9.10. The Morgan fingerprint density at radius 2 is 2.00 bits per heavy atom. The van der Waals surface area contributed by atoms with Crippen LogP contribution in [0.2, 0.25) is 0 Å². The van der Waals surface area contributed by atoms with E-state index in [0.29, 0.717) is 5.56 Å². The van der Waals surface area contributed by atoms with E-state index >= 15 is 0 Å². The summed E-state index contributed by atoms with van der Waals surface area (Å²) in [5, 5.41) is 0. The largest absolute Gasteiger partial charge is 0.417 e. The van der Waals surface area contributed by atoms with Gasteiger partial charge in [0.2, 0.25) is 6.04 Å². The quantitative estimate of drug-likeness (QED) is 0.668. The molecule has 0 bridgehead atoms. The van der Waals surface area contributed by atoms with Crippen LogP contribution in [0.3, 0.4) is 0 Å². The van der Waals surface area contributed by atoms with Crippen LogP contribution in [0.25, 0.3) is 4.85 Å². The van der Waals surface area contributed by atoms with E-state index in [9.17, 15) is 13.2 Å². The van der Waals surface area contributed by atoms with Crippen LogP contribution >= 0.6 is 15.9 Å². The molecule has 1 aromatic carbocycles. The molecule has 0 N–H and O–H groups in total. The average Bonchev–Trinajstić information content (AvgIpc) is 2.15. The lowest BCUT2D eigenvalue weighted by Crippen LogP contribution is -2.07. The fourth-order valence-corrected chi connectivity index (χ4v) is 1.57. The first-order valence-corrected chi connectivity index (χ1v) is 4.88. The molecule has 80 valence electrons. The third-order valence-electron chi connectivity index (χ3n) is 1.97. The van der Waals surface area contributed by atoms with Gasteiger partial charge in [0.15, 0.2) is 0 Å². The summed E-state index contributed by atoms with van der Waals surface area (Å²) in [4.78, 5) is 3.18. The summed E-state index contributed by atoms with van der Waals surface area (Å²) in [7, 11) is 0. The number of alkyl halides is 3. The van der Waals surface area contributed by atoms with E-state index in [-0.39, 0.29) is 4.47 Å². The second kappa shape index (κ2) is 4.23. The van der Waals surface area contributed by atoms with Gasteiger partial charge in [-0.05, 0) is 12.1 Å². The van der Waals surface area contributed by atoms with E-state index in [0.717, 1.165) is 6.07 Å². The Kier molecular flexibility index (Phi) is 3.40. The zero-order valence-corrected chi connectivity index (χ0v) is 9.35. The van der Waals surface area contributed by atoms with E-state index < -0.39 is 17.8 Å². The first-order chi connectivity index (χ1) is 6.86. The molecular formula is C10H7BrF3N. The molecule has 1 nitrogen and oxygen atoms in total. The molecular weight excluding hydrogens is 271 g/mol. The summed E-state index contributed by atoms with van der Waals surface area (Å²) in [6, 6.07) is 3.29. The Bertz CT molecular complexity index is 406. The third kappa shape index (κ3) is 2.72. The molecule has 0 spiro atoms. The maximum Gasteiger partial charge on any atom is 0.417 e. The molecule has 0 saturated carbocycles.